The van der Waals surface area contributed by atoms with E-state index in [-0.39, 0.29) is 23.2 Å². The lowest BCUT2D eigenvalue weighted by Crippen LogP contribution is -2.41. The van der Waals surface area contributed by atoms with Crippen molar-refractivity contribution in [2.45, 2.75) is 44.9 Å². The van der Waals surface area contributed by atoms with E-state index in [1.807, 2.05) is 45.9 Å². The Kier molecular flexibility index (Phi) is 3.77. The zero-order valence-electron chi connectivity index (χ0n) is 14.0. The second-order valence-corrected chi connectivity index (χ2v) is 6.96. The smallest absolute Gasteiger partial charge is 0.491 e. The third-order valence-electron chi connectivity index (χ3n) is 4.85. The first-order valence-corrected chi connectivity index (χ1v) is 7.79. The van der Waals surface area contributed by atoms with E-state index in [0.29, 0.717) is 6.61 Å². The molecule has 0 saturated carbocycles. The van der Waals surface area contributed by atoms with E-state index >= 15 is 0 Å². The van der Waals surface area contributed by atoms with Crippen molar-refractivity contribution in [3.8, 4) is 5.75 Å². The Morgan fingerprint density at radius 3 is 2.57 bits per heavy atom. The first-order valence-electron chi connectivity index (χ1n) is 7.79. The molecule has 122 valence electrons. The largest absolute Gasteiger partial charge is 0.494 e. The van der Waals surface area contributed by atoms with Crippen LogP contribution in [-0.4, -0.2) is 30.8 Å². The zero-order chi connectivity index (χ0) is 16.8. The van der Waals surface area contributed by atoms with Crippen LogP contribution in [0.5, 0.6) is 5.75 Å². The minimum atomic E-state index is -0.421. The summed E-state index contributed by atoms with van der Waals surface area (Å²) in [6.45, 7) is 12.0. The van der Waals surface area contributed by atoms with E-state index in [4.69, 9.17) is 14.0 Å². The maximum absolute atomic E-state index is 11.5. The average molecular weight is 315 g/mol. The number of carbonyl (C=O) groups excluding carboxylic acids is 1. The van der Waals surface area contributed by atoms with Gasteiger partial charge in [0.1, 0.15) is 12.4 Å². The van der Waals surface area contributed by atoms with Gasteiger partial charge in [-0.05, 0) is 45.3 Å². The first-order chi connectivity index (χ1) is 10.7. The van der Waals surface area contributed by atoms with Gasteiger partial charge in [0.15, 0.2) is 0 Å². The van der Waals surface area contributed by atoms with E-state index < -0.39 is 7.12 Å². The maximum Gasteiger partial charge on any atom is 0.494 e. The van der Waals surface area contributed by atoms with Crippen LogP contribution in [0, 0.1) is 0 Å². The van der Waals surface area contributed by atoms with Crippen molar-refractivity contribution in [3.63, 3.8) is 0 Å². The quantitative estimate of drug-likeness (QED) is 0.682. The van der Waals surface area contributed by atoms with Gasteiger partial charge in [0, 0.05) is 5.56 Å². The van der Waals surface area contributed by atoms with Gasteiger partial charge in [-0.15, -0.1) is 0 Å². The molecule has 1 atom stereocenters. The van der Waals surface area contributed by atoms with Crippen LogP contribution in [0.4, 0.5) is 0 Å². The highest BCUT2D eigenvalue weighted by atomic mass is 16.7. The van der Waals surface area contributed by atoms with Gasteiger partial charge in [-0.25, -0.2) is 0 Å². The van der Waals surface area contributed by atoms with Crippen molar-refractivity contribution in [3.05, 3.63) is 36.4 Å². The second kappa shape index (κ2) is 5.39. The fourth-order valence-corrected chi connectivity index (χ4v) is 2.70. The van der Waals surface area contributed by atoms with Crippen molar-refractivity contribution < 1.29 is 18.8 Å². The molecule has 0 bridgehead atoms. The van der Waals surface area contributed by atoms with Crippen LogP contribution >= 0.6 is 0 Å². The summed E-state index contributed by atoms with van der Waals surface area (Å²) < 4.78 is 17.8. The molecule has 0 radical (unpaired) electrons. The van der Waals surface area contributed by atoms with E-state index in [9.17, 15) is 4.79 Å². The lowest BCUT2D eigenvalue weighted by Gasteiger charge is -2.32. The molecule has 3 rings (SSSR count). The van der Waals surface area contributed by atoms with Crippen molar-refractivity contribution in [2.24, 2.45) is 0 Å². The van der Waals surface area contributed by atoms with Gasteiger partial charge in [-0.2, -0.15) is 0 Å². The van der Waals surface area contributed by atoms with Gasteiger partial charge < -0.3 is 19.4 Å². The Morgan fingerprint density at radius 1 is 1.30 bits per heavy atom. The molecule has 2 aliphatic rings. The van der Waals surface area contributed by atoms with Gasteiger partial charge in [0.2, 0.25) is 5.91 Å². The fraction of sp³-hybridized carbons (Fsp3) is 0.471. The third-order valence-corrected chi connectivity index (χ3v) is 4.85. The molecule has 6 heteroatoms. The predicted molar refractivity (Wildman–Crippen MR) is 88.7 cm³/mol. The third kappa shape index (κ3) is 2.77. The molecule has 0 spiro atoms. The van der Waals surface area contributed by atoms with Crippen LogP contribution in [0.1, 0.15) is 39.3 Å². The van der Waals surface area contributed by atoms with Crippen LogP contribution < -0.4 is 15.5 Å². The van der Waals surface area contributed by atoms with E-state index in [1.165, 1.54) is 6.08 Å². The topological polar surface area (TPSA) is 56.8 Å². The molecule has 1 aromatic rings. The minimum absolute atomic E-state index is 0.150. The van der Waals surface area contributed by atoms with Gasteiger partial charge in [0.25, 0.3) is 0 Å². The summed E-state index contributed by atoms with van der Waals surface area (Å²) in [7, 11) is -0.421. The van der Waals surface area contributed by atoms with Gasteiger partial charge in [-0.1, -0.05) is 18.7 Å². The Bertz CT molecular complexity index is 640. The van der Waals surface area contributed by atoms with Gasteiger partial charge >= 0.3 is 7.12 Å². The number of carbonyl (C=O) groups is 1. The molecule has 1 unspecified atom stereocenters. The standard InChI is InChI=1S/C17H22BNO4/c1-6-15(20)19-13-10-21-14-9-11(7-8-12(13)14)18-22-16(2,3)17(4,5)23-18/h6-9,13H,1,10H2,2-5H3,(H,19,20). The normalized spacial score (nSPS) is 24.0. The molecule has 2 heterocycles. The van der Waals surface area contributed by atoms with Crippen LogP contribution in [0.25, 0.3) is 0 Å². The van der Waals surface area contributed by atoms with Crippen molar-refractivity contribution in [1.82, 2.24) is 5.32 Å². The number of hydrogen-bond acceptors (Lipinski definition) is 4. The molecule has 2 aliphatic heterocycles. The Balaban J connectivity index is 1.81. The highest BCUT2D eigenvalue weighted by Gasteiger charge is 2.51. The highest BCUT2D eigenvalue weighted by molar-refractivity contribution is 6.62. The van der Waals surface area contributed by atoms with E-state index in [2.05, 4.69) is 11.9 Å². The lowest BCUT2D eigenvalue weighted by molar-refractivity contribution is -0.117. The summed E-state index contributed by atoms with van der Waals surface area (Å²) in [6.07, 6.45) is 1.26. The zero-order valence-corrected chi connectivity index (χ0v) is 14.0. The van der Waals surface area contributed by atoms with E-state index in [0.717, 1.165) is 16.8 Å². The number of nitrogens with one attached hydrogen (secondary N) is 1. The molecule has 0 aliphatic carbocycles. The van der Waals surface area contributed by atoms with E-state index in [1.54, 1.807) is 0 Å². The molecule has 1 saturated heterocycles. The minimum Gasteiger partial charge on any atom is -0.491 e. The molecule has 1 aromatic carbocycles. The number of ether oxygens (including phenoxy) is 1. The molecular formula is C17H22BNO4. The molecule has 1 fully saturated rings. The molecular weight excluding hydrogens is 293 g/mol. The SMILES string of the molecule is C=CC(=O)NC1COc2cc(B3OC(C)(C)C(C)(C)O3)ccc21. The van der Waals surface area contributed by atoms with Crippen LogP contribution in [0.15, 0.2) is 30.9 Å². The second-order valence-electron chi connectivity index (χ2n) is 6.96. The predicted octanol–water partition coefficient (Wildman–Crippen LogP) is 1.72. The van der Waals surface area contributed by atoms with Crippen LogP contribution in [0.3, 0.4) is 0 Å². The maximum atomic E-state index is 11.5. The molecule has 1 N–H and O–H groups in total. The highest BCUT2D eigenvalue weighted by Crippen LogP contribution is 2.37. The summed E-state index contributed by atoms with van der Waals surface area (Å²) in [5.74, 6) is 0.549. The van der Waals surface area contributed by atoms with Crippen molar-refractivity contribution in [1.29, 1.82) is 0 Å². The Hall–Kier alpha value is -1.79. The van der Waals surface area contributed by atoms with Crippen LogP contribution in [-0.2, 0) is 14.1 Å². The monoisotopic (exact) mass is 315 g/mol. The molecule has 0 aromatic heterocycles. The van der Waals surface area contributed by atoms with Gasteiger partial charge in [-0.3, -0.25) is 4.79 Å². The summed E-state index contributed by atoms with van der Waals surface area (Å²) in [4.78, 5) is 11.5. The number of amides is 1. The van der Waals surface area contributed by atoms with Crippen molar-refractivity contribution >= 4 is 18.5 Å². The fourth-order valence-electron chi connectivity index (χ4n) is 2.70. The Labute approximate surface area is 137 Å². The summed E-state index contributed by atoms with van der Waals surface area (Å²) in [6, 6.07) is 5.69. The average Bonchev–Trinajstić information content (AvgIpc) is 2.97. The number of fused-ring (bicyclic) bond motifs is 1. The van der Waals surface area contributed by atoms with Crippen LogP contribution in [0.2, 0.25) is 0 Å². The van der Waals surface area contributed by atoms with Crippen molar-refractivity contribution in [2.75, 3.05) is 6.61 Å². The Morgan fingerprint density at radius 2 is 1.96 bits per heavy atom. The number of hydrogen-bond donors (Lipinski definition) is 1. The number of rotatable bonds is 3. The molecule has 23 heavy (non-hydrogen) atoms. The molecule has 5 nitrogen and oxygen atoms in total. The molecule has 1 amide bonds. The lowest BCUT2D eigenvalue weighted by atomic mass is 9.78. The summed E-state index contributed by atoms with van der Waals surface area (Å²) in [5.41, 5.74) is 1.12. The van der Waals surface area contributed by atoms with Gasteiger partial charge in [0.05, 0.1) is 17.2 Å². The number of benzene rings is 1. The first kappa shape index (κ1) is 16.1. The summed E-state index contributed by atoms with van der Waals surface area (Å²) in [5, 5.41) is 2.86. The summed E-state index contributed by atoms with van der Waals surface area (Å²) >= 11 is 0.